The Bertz CT molecular complexity index is 787. The second-order valence-corrected chi connectivity index (χ2v) is 5.56. The number of fused-ring (bicyclic) bond motifs is 2. The average molecular weight is 463 g/mol. The molecule has 138 valence electrons. The summed E-state index contributed by atoms with van der Waals surface area (Å²) in [5, 5.41) is 5.45. The van der Waals surface area contributed by atoms with Crippen LogP contribution in [0, 0.1) is 27.7 Å². The number of aryl methyl sites for hydroxylation is 2. The molecule has 4 aromatic rings. The third-order valence-corrected chi connectivity index (χ3v) is 3.79. The summed E-state index contributed by atoms with van der Waals surface area (Å²) in [4.78, 5) is 0. The van der Waals surface area contributed by atoms with Crippen LogP contribution in [0.5, 0.6) is 0 Å². The fourth-order valence-corrected chi connectivity index (χ4v) is 2.65. The summed E-state index contributed by atoms with van der Waals surface area (Å²) in [5.41, 5.74) is 2.73. The van der Waals surface area contributed by atoms with E-state index in [4.69, 9.17) is 0 Å². The van der Waals surface area contributed by atoms with Crippen LogP contribution in [0.1, 0.15) is 17.5 Å². The minimum absolute atomic E-state index is 0. The van der Waals surface area contributed by atoms with E-state index < -0.39 is 0 Å². The van der Waals surface area contributed by atoms with Gasteiger partial charge in [-0.1, -0.05) is 23.3 Å². The Kier molecular flexibility index (Phi) is 14.9. The number of hydrogen-bond donors (Lipinski definition) is 0. The van der Waals surface area contributed by atoms with Crippen molar-refractivity contribution in [3.05, 3.63) is 97.8 Å². The first-order valence-corrected chi connectivity index (χ1v) is 7.98. The molecular formula is C23H24Cl2Zr-4. The van der Waals surface area contributed by atoms with Gasteiger partial charge >= 0.3 is 26.2 Å². The predicted octanol–water partition coefficient (Wildman–Crippen LogP) is 0.784. The molecule has 0 amide bonds. The summed E-state index contributed by atoms with van der Waals surface area (Å²) in [7, 11) is 0. The van der Waals surface area contributed by atoms with Crippen LogP contribution >= 0.6 is 0 Å². The van der Waals surface area contributed by atoms with Gasteiger partial charge < -0.3 is 45.1 Å². The molecule has 26 heavy (non-hydrogen) atoms. The Balaban J connectivity index is 0. The minimum Gasteiger partial charge on any atom is -1.00 e. The molecule has 0 spiro atoms. The maximum Gasteiger partial charge on any atom is 2.00 e. The smallest absolute Gasteiger partial charge is 1.00 e. The van der Waals surface area contributed by atoms with Crippen molar-refractivity contribution in [1.29, 1.82) is 0 Å². The first-order chi connectivity index (χ1) is 11.2. The van der Waals surface area contributed by atoms with Crippen LogP contribution in [0.3, 0.4) is 0 Å². The van der Waals surface area contributed by atoms with Crippen LogP contribution in [0.4, 0.5) is 0 Å². The normalized spacial score (nSPS) is 8.77. The average Bonchev–Trinajstić information content (AvgIpc) is 3.18. The molecule has 3 heteroatoms. The summed E-state index contributed by atoms with van der Waals surface area (Å²) in [6, 6.07) is 25.5. The van der Waals surface area contributed by atoms with Crippen molar-refractivity contribution in [2.24, 2.45) is 0 Å². The minimum atomic E-state index is 0. The maximum absolute atomic E-state index is 3.38. The first-order valence-electron chi connectivity index (χ1n) is 7.98. The predicted molar refractivity (Wildman–Crippen MR) is 104 cm³/mol. The van der Waals surface area contributed by atoms with Crippen LogP contribution in [0.2, 0.25) is 0 Å². The van der Waals surface area contributed by atoms with E-state index in [1.807, 2.05) is 0 Å². The van der Waals surface area contributed by atoms with Crippen LogP contribution < -0.4 is 24.8 Å². The van der Waals surface area contributed by atoms with Gasteiger partial charge in [-0.15, -0.1) is 57.9 Å². The van der Waals surface area contributed by atoms with Crippen LogP contribution in [0.25, 0.3) is 21.5 Å². The summed E-state index contributed by atoms with van der Waals surface area (Å²) >= 11 is 0. The van der Waals surface area contributed by atoms with Crippen LogP contribution in [-0.4, -0.2) is 0 Å². The molecule has 0 N–H and O–H groups in total. The van der Waals surface area contributed by atoms with Crippen molar-refractivity contribution in [2.45, 2.75) is 20.3 Å². The summed E-state index contributed by atoms with van der Waals surface area (Å²) in [6.07, 6.45) is 0.750. The van der Waals surface area contributed by atoms with Crippen molar-refractivity contribution >= 4 is 21.5 Å². The molecule has 4 rings (SSSR count). The van der Waals surface area contributed by atoms with Gasteiger partial charge in [0, 0.05) is 0 Å². The second-order valence-electron chi connectivity index (χ2n) is 5.56. The fourth-order valence-electron chi connectivity index (χ4n) is 2.65. The molecule has 0 nitrogen and oxygen atoms in total. The summed E-state index contributed by atoms with van der Waals surface area (Å²) in [5.74, 6) is 0. The number of rotatable bonds is 0. The zero-order chi connectivity index (χ0) is 16.7. The van der Waals surface area contributed by atoms with Gasteiger partial charge in [0.25, 0.3) is 0 Å². The van der Waals surface area contributed by atoms with Crippen molar-refractivity contribution in [3.8, 4) is 0 Å². The van der Waals surface area contributed by atoms with Crippen molar-refractivity contribution < 1.29 is 51.0 Å². The monoisotopic (exact) mass is 460 g/mol. The van der Waals surface area contributed by atoms with E-state index in [0.717, 1.165) is 6.42 Å². The number of benzene rings is 2. The van der Waals surface area contributed by atoms with Crippen molar-refractivity contribution in [2.75, 3.05) is 0 Å². The zero-order valence-electron chi connectivity index (χ0n) is 15.3. The molecule has 0 atom stereocenters. The molecule has 0 bridgehead atoms. The van der Waals surface area contributed by atoms with Crippen LogP contribution in [-0.2, 0) is 26.2 Å². The standard InChI is InChI=1S/2C10H9.C3H6.2ClH.Zr/c2*1-8-4-2-5-9-6-3-7-10(8)9;1-3-2;;;/h2*2-7H,1H3;1-3H2;2*1H;/q2*-1;-2;;;+2/p-2. The van der Waals surface area contributed by atoms with E-state index in [2.05, 4.69) is 100 Å². The van der Waals surface area contributed by atoms with E-state index in [0.29, 0.717) is 0 Å². The SMILES string of the molecule is Cc1cccc2[cH-]ccc12.Cc1cccc2[cH-]ccc12.[CH2-]C[CH2-].[Cl-].[Cl-].[Zr+2]. The van der Waals surface area contributed by atoms with E-state index in [1.165, 1.54) is 32.7 Å². The quantitative estimate of drug-likeness (QED) is 0.339. The Morgan fingerprint density at radius 3 is 1.35 bits per heavy atom. The third-order valence-electron chi connectivity index (χ3n) is 3.79. The van der Waals surface area contributed by atoms with Gasteiger partial charge in [0.05, 0.1) is 0 Å². The molecule has 0 aliphatic rings. The molecule has 4 aromatic carbocycles. The van der Waals surface area contributed by atoms with Crippen LogP contribution in [0.15, 0.2) is 72.8 Å². The largest absolute Gasteiger partial charge is 2.00 e. The molecule has 0 radical (unpaired) electrons. The van der Waals surface area contributed by atoms with Gasteiger partial charge in [-0.05, 0) is 13.8 Å². The van der Waals surface area contributed by atoms with E-state index in [1.54, 1.807) is 0 Å². The summed E-state index contributed by atoms with van der Waals surface area (Å²) < 4.78 is 0. The molecule has 0 fully saturated rings. The van der Waals surface area contributed by atoms with Crippen molar-refractivity contribution in [3.63, 3.8) is 0 Å². The van der Waals surface area contributed by atoms with E-state index in [-0.39, 0.29) is 51.0 Å². The van der Waals surface area contributed by atoms with Gasteiger partial charge in [-0.25, -0.2) is 0 Å². The third kappa shape index (κ3) is 7.39. The molecular weight excluding hydrogens is 438 g/mol. The Hall–Kier alpha value is -0.877. The molecule has 0 heterocycles. The van der Waals surface area contributed by atoms with Gasteiger partial charge in [-0.3, -0.25) is 0 Å². The van der Waals surface area contributed by atoms with Gasteiger partial charge in [-0.2, -0.15) is 24.3 Å². The molecule has 0 aliphatic heterocycles. The Morgan fingerprint density at radius 1 is 0.692 bits per heavy atom. The second kappa shape index (κ2) is 14.2. The first kappa shape index (κ1) is 27.3. The Morgan fingerprint density at radius 2 is 1.04 bits per heavy atom. The van der Waals surface area contributed by atoms with Gasteiger partial charge in [0.1, 0.15) is 0 Å². The maximum atomic E-state index is 3.38. The topological polar surface area (TPSA) is 0 Å². The zero-order valence-corrected chi connectivity index (χ0v) is 19.3. The van der Waals surface area contributed by atoms with E-state index in [9.17, 15) is 0 Å². The molecule has 0 saturated carbocycles. The van der Waals surface area contributed by atoms with E-state index >= 15 is 0 Å². The molecule has 0 aliphatic carbocycles. The van der Waals surface area contributed by atoms with Crippen molar-refractivity contribution in [1.82, 2.24) is 0 Å². The molecule has 0 saturated heterocycles. The molecule has 0 unspecified atom stereocenters. The number of halogens is 2. The number of hydrogen-bond acceptors (Lipinski definition) is 0. The van der Waals surface area contributed by atoms with Gasteiger partial charge in [0.2, 0.25) is 0 Å². The summed E-state index contributed by atoms with van der Waals surface area (Å²) in [6.45, 7) is 11.0. The fraction of sp³-hybridized carbons (Fsp3) is 0.130. The van der Waals surface area contributed by atoms with Gasteiger partial charge in [0.15, 0.2) is 0 Å². The Labute approximate surface area is 189 Å². The molecule has 0 aromatic heterocycles.